The van der Waals surface area contributed by atoms with Crippen molar-refractivity contribution in [2.24, 2.45) is 0 Å². The van der Waals surface area contributed by atoms with Crippen LogP contribution in [0.5, 0.6) is 0 Å². The lowest BCUT2D eigenvalue weighted by molar-refractivity contribution is -0.144. The Morgan fingerprint density at radius 2 is 1.96 bits per heavy atom. The molecule has 0 bridgehead atoms. The predicted octanol–water partition coefficient (Wildman–Crippen LogP) is 4.16. The SMILES string of the molecule is CCOC(=O)Cn1nc(-c2ccccc2)cc1C1CCCCC1. The van der Waals surface area contributed by atoms with Crippen LogP contribution in [0.1, 0.15) is 50.6 Å². The third-order valence-corrected chi connectivity index (χ3v) is 4.49. The van der Waals surface area contributed by atoms with Crippen LogP contribution in [0.2, 0.25) is 0 Å². The first-order chi connectivity index (χ1) is 11.3. The van der Waals surface area contributed by atoms with E-state index in [1.807, 2.05) is 29.8 Å². The van der Waals surface area contributed by atoms with Crippen LogP contribution in [0.15, 0.2) is 36.4 Å². The molecule has 1 aromatic heterocycles. The molecular formula is C19H24N2O2. The maximum absolute atomic E-state index is 11.9. The molecule has 0 saturated heterocycles. The standard InChI is InChI=1S/C19H24N2O2/c1-2-23-19(22)14-21-18(16-11-7-4-8-12-16)13-17(20-21)15-9-5-3-6-10-15/h3,5-6,9-10,13,16H,2,4,7-8,11-12,14H2,1H3. The average Bonchev–Trinajstić information content (AvgIpc) is 3.00. The molecule has 4 nitrogen and oxygen atoms in total. The van der Waals surface area contributed by atoms with Crippen molar-refractivity contribution in [3.05, 3.63) is 42.1 Å². The highest BCUT2D eigenvalue weighted by atomic mass is 16.5. The minimum absolute atomic E-state index is 0.201. The lowest BCUT2D eigenvalue weighted by Crippen LogP contribution is -2.19. The van der Waals surface area contributed by atoms with Gasteiger partial charge in [-0.25, -0.2) is 0 Å². The summed E-state index contributed by atoms with van der Waals surface area (Å²) >= 11 is 0. The zero-order valence-electron chi connectivity index (χ0n) is 13.7. The van der Waals surface area contributed by atoms with E-state index in [9.17, 15) is 4.79 Å². The second-order valence-electron chi connectivity index (χ2n) is 6.12. The Labute approximate surface area is 137 Å². The Bertz CT molecular complexity index is 643. The van der Waals surface area contributed by atoms with Crippen molar-refractivity contribution in [2.45, 2.75) is 51.5 Å². The van der Waals surface area contributed by atoms with Crippen molar-refractivity contribution in [3.63, 3.8) is 0 Å². The molecular weight excluding hydrogens is 288 g/mol. The number of hydrogen-bond donors (Lipinski definition) is 0. The summed E-state index contributed by atoms with van der Waals surface area (Å²) in [5.41, 5.74) is 3.21. The molecule has 1 aliphatic carbocycles. The molecule has 1 aliphatic rings. The van der Waals surface area contributed by atoms with Crippen LogP contribution in [0.25, 0.3) is 11.3 Å². The third kappa shape index (κ3) is 3.81. The van der Waals surface area contributed by atoms with Gasteiger partial charge in [-0.15, -0.1) is 0 Å². The second kappa shape index (κ2) is 7.44. The molecule has 1 heterocycles. The number of nitrogens with zero attached hydrogens (tertiary/aromatic N) is 2. The van der Waals surface area contributed by atoms with Gasteiger partial charge in [0.1, 0.15) is 6.54 Å². The van der Waals surface area contributed by atoms with Crippen LogP contribution in [-0.4, -0.2) is 22.4 Å². The molecule has 0 N–H and O–H groups in total. The molecule has 0 radical (unpaired) electrons. The number of esters is 1. The van der Waals surface area contributed by atoms with Gasteiger partial charge in [0.15, 0.2) is 0 Å². The van der Waals surface area contributed by atoms with E-state index in [2.05, 4.69) is 18.2 Å². The average molecular weight is 312 g/mol. The first kappa shape index (κ1) is 15.8. The lowest BCUT2D eigenvalue weighted by atomic mass is 9.86. The van der Waals surface area contributed by atoms with Gasteiger partial charge < -0.3 is 4.74 Å². The van der Waals surface area contributed by atoms with Crippen molar-refractivity contribution in [2.75, 3.05) is 6.61 Å². The molecule has 1 saturated carbocycles. The van der Waals surface area contributed by atoms with E-state index in [0.29, 0.717) is 12.5 Å². The van der Waals surface area contributed by atoms with Crippen LogP contribution in [-0.2, 0) is 16.1 Å². The number of hydrogen-bond acceptors (Lipinski definition) is 3. The highest BCUT2D eigenvalue weighted by Gasteiger charge is 2.22. The van der Waals surface area contributed by atoms with E-state index in [0.717, 1.165) is 11.3 Å². The number of rotatable bonds is 5. The van der Waals surface area contributed by atoms with Crippen molar-refractivity contribution >= 4 is 5.97 Å². The summed E-state index contributed by atoms with van der Waals surface area (Å²) in [6.07, 6.45) is 6.20. The topological polar surface area (TPSA) is 44.1 Å². The number of carbonyl (C=O) groups excluding carboxylic acids is 1. The van der Waals surface area contributed by atoms with Crippen LogP contribution in [0.4, 0.5) is 0 Å². The zero-order valence-corrected chi connectivity index (χ0v) is 13.7. The van der Waals surface area contributed by atoms with E-state index < -0.39 is 0 Å². The first-order valence-electron chi connectivity index (χ1n) is 8.56. The van der Waals surface area contributed by atoms with Crippen molar-refractivity contribution in [1.82, 2.24) is 9.78 Å². The highest BCUT2D eigenvalue weighted by molar-refractivity contribution is 5.69. The maximum atomic E-state index is 11.9. The summed E-state index contributed by atoms with van der Waals surface area (Å²) in [7, 11) is 0. The van der Waals surface area contributed by atoms with Crippen LogP contribution in [0, 0.1) is 0 Å². The van der Waals surface area contributed by atoms with Gasteiger partial charge in [-0.1, -0.05) is 49.6 Å². The monoisotopic (exact) mass is 312 g/mol. The third-order valence-electron chi connectivity index (χ3n) is 4.49. The van der Waals surface area contributed by atoms with Gasteiger partial charge in [-0.05, 0) is 25.8 Å². The lowest BCUT2D eigenvalue weighted by Gasteiger charge is -2.22. The Balaban J connectivity index is 1.91. The van der Waals surface area contributed by atoms with Crippen molar-refractivity contribution < 1.29 is 9.53 Å². The fourth-order valence-corrected chi connectivity index (χ4v) is 3.36. The molecule has 23 heavy (non-hydrogen) atoms. The van der Waals surface area contributed by atoms with E-state index in [4.69, 9.17) is 9.84 Å². The van der Waals surface area contributed by atoms with Gasteiger partial charge in [0.2, 0.25) is 0 Å². The van der Waals surface area contributed by atoms with Gasteiger partial charge in [0, 0.05) is 17.2 Å². The summed E-state index contributed by atoms with van der Waals surface area (Å²) < 4.78 is 6.96. The van der Waals surface area contributed by atoms with Gasteiger partial charge in [-0.3, -0.25) is 9.48 Å². The summed E-state index contributed by atoms with van der Waals surface area (Å²) in [5, 5.41) is 4.69. The minimum Gasteiger partial charge on any atom is -0.465 e. The Morgan fingerprint density at radius 3 is 2.65 bits per heavy atom. The second-order valence-corrected chi connectivity index (χ2v) is 6.12. The number of ether oxygens (including phenoxy) is 1. The molecule has 0 atom stereocenters. The normalized spacial score (nSPS) is 15.5. The van der Waals surface area contributed by atoms with E-state index in [1.54, 1.807) is 0 Å². The Hall–Kier alpha value is -2.10. The van der Waals surface area contributed by atoms with Gasteiger partial charge in [0.25, 0.3) is 0 Å². The molecule has 4 heteroatoms. The van der Waals surface area contributed by atoms with Gasteiger partial charge in [0.05, 0.1) is 12.3 Å². The Morgan fingerprint density at radius 1 is 1.22 bits per heavy atom. The summed E-state index contributed by atoms with van der Waals surface area (Å²) in [6.45, 7) is 2.44. The van der Waals surface area contributed by atoms with Crippen LogP contribution < -0.4 is 0 Å². The molecule has 0 spiro atoms. The van der Waals surface area contributed by atoms with Gasteiger partial charge in [-0.2, -0.15) is 5.10 Å². The number of aromatic nitrogens is 2. The molecule has 1 aromatic carbocycles. The van der Waals surface area contributed by atoms with Crippen LogP contribution in [0.3, 0.4) is 0 Å². The molecule has 0 aliphatic heterocycles. The largest absolute Gasteiger partial charge is 0.465 e. The first-order valence-corrected chi connectivity index (χ1v) is 8.56. The summed E-state index contributed by atoms with van der Waals surface area (Å²) in [6, 6.07) is 12.3. The molecule has 3 rings (SSSR count). The molecule has 0 unspecified atom stereocenters. The van der Waals surface area contributed by atoms with Crippen LogP contribution >= 0.6 is 0 Å². The summed E-state index contributed by atoms with van der Waals surface area (Å²) in [4.78, 5) is 11.9. The summed E-state index contributed by atoms with van der Waals surface area (Å²) in [5.74, 6) is 0.287. The minimum atomic E-state index is -0.215. The molecule has 0 amide bonds. The number of benzene rings is 1. The van der Waals surface area contributed by atoms with Gasteiger partial charge >= 0.3 is 5.97 Å². The molecule has 1 fully saturated rings. The van der Waals surface area contributed by atoms with Crippen molar-refractivity contribution in [1.29, 1.82) is 0 Å². The fraction of sp³-hybridized carbons (Fsp3) is 0.474. The quantitative estimate of drug-likeness (QED) is 0.779. The Kier molecular flexibility index (Phi) is 5.11. The highest BCUT2D eigenvalue weighted by Crippen LogP contribution is 2.34. The fourth-order valence-electron chi connectivity index (χ4n) is 3.36. The molecule has 122 valence electrons. The smallest absolute Gasteiger partial charge is 0.327 e. The van der Waals surface area contributed by atoms with E-state index in [1.165, 1.54) is 37.8 Å². The predicted molar refractivity (Wildman–Crippen MR) is 90.1 cm³/mol. The maximum Gasteiger partial charge on any atom is 0.327 e. The van der Waals surface area contributed by atoms with E-state index in [-0.39, 0.29) is 12.5 Å². The number of carbonyl (C=O) groups is 1. The zero-order chi connectivity index (χ0) is 16.1. The molecule has 2 aromatic rings. The van der Waals surface area contributed by atoms with E-state index >= 15 is 0 Å². The van der Waals surface area contributed by atoms with Crippen molar-refractivity contribution in [3.8, 4) is 11.3 Å².